The number of nitrogens with zero attached hydrogens (tertiary/aromatic N) is 3. The van der Waals surface area contributed by atoms with Crippen LogP contribution < -0.4 is 20.1 Å². The third-order valence-corrected chi connectivity index (χ3v) is 7.27. The van der Waals surface area contributed by atoms with E-state index in [1.54, 1.807) is 43.4 Å². The standard InChI is InChI=1S/C29H27N5O5S/c1-38-20-12-10-18(11-13-20)16-30-25(35)15-24-28(37)33-27-22-8-3-4-9-23(22)32-29(34(24)27)40-17-26(36)31-19-6-5-7-21(14-19)39-2/h3-14,24H,15-17H2,1-2H3,(H,30,35)(H,31,36). The molecule has 0 fully saturated rings. The van der Waals surface area contributed by atoms with Crippen molar-refractivity contribution in [2.75, 3.05) is 25.3 Å². The summed E-state index contributed by atoms with van der Waals surface area (Å²) >= 11 is 1.18. The molecule has 0 radical (unpaired) electrons. The average molecular weight is 558 g/mol. The van der Waals surface area contributed by atoms with E-state index in [2.05, 4.69) is 15.6 Å². The summed E-state index contributed by atoms with van der Waals surface area (Å²) in [4.78, 5) is 49.4. The largest absolute Gasteiger partial charge is 0.497 e. The van der Waals surface area contributed by atoms with Crippen LogP contribution in [0, 0.1) is 0 Å². The van der Waals surface area contributed by atoms with Gasteiger partial charge < -0.3 is 20.1 Å². The SMILES string of the molecule is COc1ccc(CNC(=O)CC2C(=O)N=C3c4ccccc4N=C(SCC(=O)Nc4cccc(OC)c4)N32)cc1. The van der Waals surface area contributed by atoms with Gasteiger partial charge in [0.15, 0.2) is 5.17 Å². The van der Waals surface area contributed by atoms with Crippen LogP contribution in [0.15, 0.2) is 82.8 Å². The van der Waals surface area contributed by atoms with E-state index in [0.717, 1.165) is 11.3 Å². The molecule has 3 aromatic rings. The summed E-state index contributed by atoms with van der Waals surface area (Å²) in [5.74, 6) is 0.834. The Morgan fingerprint density at radius 1 is 0.925 bits per heavy atom. The predicted molar refractivity (Wildman–Crippen MR) is 154 cm³/mol. The van der Waals surface area contributed by atoms with Crippen molar-refractivity contribution in [1.29, 1.82) is 0 Å². The molecule has 40 heavy (non-hydrogen) atoms. The Morgan fingerprint density at radius 2 is 1.70 bits per heavy atom. The summed E-state index contributed by atoms with van der Waals surface area (Å²) < 4.78 is 10.4. The first-order chi connectivity index (χ1) is 19.4. The lowest BCUT2D eigenvalue weighted by molar-refractivity contribution is -0.126. The van der Waals surface area contributed by atoms with Gasteiger partial charge in [-0.15, -0.1) is 0 Å². The zero-order chi connectivity index (χ0) is 28.1. The van der Waals surface area contributed by atoms with Crippen molar-refractivity contribution in [2.24, 2.45) is 9.98 Å². The van der Waals surface area contributed by atoms with Gasteiger partial charge in [0.25, 0.3) is 5.91 Å². The maximum absolute atomic E-state index is 13.0. The van der Waals surface area contributed by atoms with Gasteiger partial charge in [-0.05, 0) is 42.0 Å². The Hall–Kier alpha value is -4.64. The zero-order valence-electron chi connectivity index (χ0n) is 21.9. The fourth-order valence-corrected chi connectivity index (χ4v) is 5.17. The number of anilines is 1. The van der Waals surface area contributed by atoms with E-state index >= 15 is 0 Å². The molecular weight excluding hydrogens is 530 g/mol. The molecule has 2 aliphatic rings. The molecule has 3 aromatic carbocycles. The number of carbonyl (C=O) groups is 3. The predicted octanol–water partition coefficient (Wildman–Crippen LogP) is 3.74. The molecule has 11 heteroatoms. The number of methoxy groups -OCH3 is 2. The number of ether oxygens (including phenoxy) is 2. The third-order valence-electron chi connectivity index (χ3n) is 6.32. The molecule has 0 saturated carbocycles. The number of rotatable bonds is 9. The first-order valence-corrected chi connectivity index (χ1v) is 13.5. The van der Waals surface area contributed by atoms with Crippen molar-refractivity contribution in [1.82, 2.24) is 10.2 Å². The minimum absolute atomic E-state index is 0.0343. The monoisotopic (exact) mass is 557 g/mol. The van der Waals surface area contributed by atoms with Gasteiger partial charge in [-0.3, -0.25) is 19.3 Å². The number of benzene rings is 3. The Kier molecular flexibility index (Phi) is 8.11. The number of carbonyl (C=O) groups excluding carboxylic acids is 3. The molecule has 204 valence electrons. The van der Waals surface area contributed by atoms with Gasteiger partial charge in [-0.2, -0.15) is 4.99 Å². The fourth-order valence-electron chi connectivity index (χ4n) is 4.32. The molecule has 0 bridgehead atoms. The molecule has 0 aromatic heterocycles. The molecular formula is C29H27N5O5S. The number of amidine groups is 2. The minimum atomic E-state index is -0.869. The number of para-hydroxylation sites is 1. The third kappa shape index (κ3) is 5.99. The lowest BCUT2D eigenvalue weighted by Crippen LogP contribution is -2.46. The normalized spacial score (nSPS) is 15.4. The smallest absolute Gasteiger partial charge is 0.271 e. The number of thioether (sulfide) groups is 1. The van der Waals surface area contributed by atoms with E-state index in [9.17, 15) is 14.4 Å². The number of amides is 3. The highest BCUT2D eigenvalue weighted by molar-refractivity contribution is 8.14. The summed E-state index contributed by atoms with van der Waals surface area (Å²) in [6.07, 6.45) is -0.111. The molecule has 2 heterocycles. The van der Waals surface area contributed by atoms with Crippen LogP contribution in [0.4, 0.5) is 11.4 Å². The van der Waals surface area contributed by atoms with Crippen molar-refractivity contribution in [3.05, 3.63) is 83.9 Å². The first-order valence-electron chi connectivity index (χ1n) is 12.5. The van der Waals surface area contributed by atoms with Crippen LogP contribution in [0.3, 0.4) is 0 Å². The lowest BCUT2D eigenvalue weighted by Gasteiger charge is -2.30. The second-order valence-corrected chi connectivity index (χ2v) is 9.91. The quantitative estimate of drug-likeness (QED) is 0.411. The molecule has 0 spiro atoms. The van der Waals surface area contributed by atoms with Crippen LogP contribution >= 0.6 is 11.8 Å². The van der Waals surface area contributed by atoms with Crippen LogP contribution in [0.1, 0.15) is 17.5 Å². The highest BCUT2D eigenvalue weighted by Gasteiger charge is 2.42. The van der Waals surface area contributed by atoms with Gasteiger partial charge in [-0.1, -0.05) is 42.1 Å². The van der Waals surface area contributed by atoms with E-state index in [1.165, 1.54) is 11.8 Å². The fraction of sp³-hybridized carbons (Fsp3) is 0.207. The van der Waals surface area contributed by atoms with E-state index < -0.39 is 11.9 Å². The van der Waals surface area contributed by atoms with Crippen molar-refractivity contribution in [2.45, 2.75) is 19.0 Å². The maximum atomic E-state index is 13.0. The lowest BCUT2D eigenvalue weighted by atomic mass is 10.1. The molecule has 0 saturated heterocycles. The molecule has 0 aliphatic carbocycles. The second kappa shape index (κ2) is 12.0. The number of aliphatic imine (C=N–C) groups is 2. The Bertz CT molecular complexity index is 1500. The van der Waals surface area contributed by atoms with Gasteiger partial charge in [0.1, 0.15) is 23.4 Å². The summed E-state index contributed by atoms with van der Waals surface area (Å²) in [5, 5.41) is 6.14. The molecule has 10 nitrogen and oxygen atoms in total. The first kappa shape index (κ1) is 26.9. The van der Waals surface area contributed by atoms with Crippen LogP contribution in [0.5, 0.6) is 11.5 Å². The molecule has 1 unspecified atom stereocenters. The summed E-state index contributed by atoms with van der Waals surface area (Å²) in [7, 11) is 3.15. The average Bonchev–Trinajstić information content (AvgIpc) is 3.31. The zero-order valence-corrected chi connectivity index (χ0v) is 22.7. The topological polar surface area (TPSA) is 122 Å². The summed E-state index contributed by atoms with van der Waals surface area (Å²) in [6.45, 7) is 0.306. The Balaban J connectivity index is 1.29. The van der Waals surface area contributed by atoms with E-state index in [4.69, 9.17) is 14.5 Å². The highest BCUT2D eigenvalue weighted by atomic mass is 32.2. The van der Waals surface area contributed by atoms with Gasteiger partial charge in [0, 0.05) is 23.9 Å². The van der Waals surface area contributed by atoms with E-state index in [1.807, 2.05) is 48.5 Å². The Labute approximate surface area is 235 Å². The van der Waals surface area contributed by atoms with Crippen molar-refractivity contribution < 1.29 is 23.9 Å². The van der Waals surface area contributed by atoms with Crippen LogP contribution in [-0.4, -0.2) is 59.6 Å². The van der Waals surface area contributed by atoms with Crippen LogP contribution in [0.2, 0.25) is 0 Å². The second-order valence-electron chi connectivity index (χ2n) is 8.97. The number of hydrogen-bond donors (Lipinski definition) is 2. The molecule has 2 N–H and O–H groups in total. The van der Waals surface area contributed by atoms with Crippen LogP contribution in [-0.2, 0) is 20.9 Å². The highest BCUT2D eigenvalue weighted by Crippen LogP contribution is 2.35. The molecule has 5 rings (SSSR count). The van der Waals surface area contributed by atoms with Gasteiger partial charge >= 0.3 is 0 Å². The molecule has 1 atom stereocenters. The van der Waals surface area contributed by atoms with E-state index in [-0.39, 0.29) is 24.0 Å². The van der Waals surface area contributed by atoms with Gasteiger partial charge in [0.05, 0.1) is 32.1 Å². The number of hydrogen-bond acceptors (Lipinski definition) is 8. The van der Waals surface area contributed by atoms with Gasteiger partial charge in [0.2, 0.25) is 11.8 Å². The summed E-state index contributed by atoms with van der Waals surface area (Å²) in [5.41, 5.74) is 2.84. The number of nitrogens with one attached hydrogen (secondary N) is 2. The minimum Gasteiger partial charge on any atom is -0.497 e. The number of fused-ring (bicyclic) bond motifs is 3. The van der Waals surface area contributed by atoms with Gasteiger partial charge in [-0.25, -0.2) is 4.99 Å². The Morgan fingerprint density at radius 3 is 2.48 bits per heavy atom. The maximum Gasteiger partial charge on any atom is 0.271 e. The molecule has 2 aliphatic heterocycles. The molecule has 3 amide bonds. The van der Waals surface area contributed by atoms with Crippen molar-refractivity contribution in [3.8, 4) is 11.5 Å². The van der Waals surface area contributed by atoms with Crippen molar-refractivity contribution in [3.63, 3.8) is 0 Å². The van der Waals surface area contributed by atoms with E-state index in [0.29, 0.717) is 40.2 Å². The van der Waals surface area contributed by atoms with Crippen LogP contribution in [0.25, 0.3) is 0 Å². The summed E-state index contributed by atoms with van der Waals surface area (Å²) in [6, 6.07) is 20.9. The van der Waals surface area contributed by atoms with Crippen molar-refractivity contribution >= 4 is 51.9 Å².